The van der Waals surface area contributed by atoms with E-state index in [1.54, 1.807) is 0 Å². The van der Waals surface area contributed by atoms with Crippen LogP contribution in [0.25, 0.3) is 55.0 Å². The molecule has 156 valence electrons. The lowest BCUT2D eigenvalue weighted by Gasteiger charge is -2.08. The van der Waals surface area contributed by atoms with Crippen molar-refractivity contribution >= 4 is 43.9 Å². The molecule has 0 saturated heterocycles. The molecule has 5 aromatic carbocycles. The average molecular weight is 424 g/mol. The summed E-state index contributed by atoms with van der Waals surface area (Å²) < 4.78 is 12.9. The summed E-state index contributed by atoms with van der Waals surface area (Å²) in [6.45, 7) is 0. The van der Waals surface area contributed by atoms with Crippen LogP contribution in [0.2, 0.25) is 0 Å². The highest BCUT2D eigenvalue weighted by molar-refractivity contribution is 6.21. The maximum atomic E-state index is 6.44. The minimum Gasteiger partial charge on any atom is -0.455 e. The van der Waals surface area contributed by atoms with Gasteiger partial charge in [0.25, 0.3) is 0 Å². The fourth-order valence-corrected chi connectivity index (χ4v) is 4.97. The number of hydrogen-bond donors (Lipinski definition) is 0. The van der Waals surface area contributed by atoms with E-state index in [0.29, 0.717) is 0 Å². The third-order valence-corrected chi connectivity index (χ3v) is 6.48. The molecule has 33 heavy (non-hydrogen) atoms. The first kappa shape index (κ1) is 18.3. The molecule has 0 radical (unpaired) electrons. The Labute approximate surface area is 190 Å². The van der Waals surface area contributed by atoms with Gasteiger partial charge in [-0.15, -0.1) is 0 Å². The Balaban J connectivity index is 1.55. The molecule has 2 aromatic heterocycles. The van der Waals surface area contributed by atoms with Crippen molar-refractivity contribution in [3.63, 3.8) is 0 Å². The van der Waals surface area contributed by atoms with E-state index in [4.69, 9.17) is 8.83 Å². The molecule has 0 fully saturated rings. The second-order valence-electron chi connectivity index (χ2n) is 8.56. The highest BCUT2D eigenvalue weighted by Gasteiger charge is 2.20. The Hall–Kier alpha value is -4.30. The number of furan rings is 2. The van der Waals surface area contributed by atoms with Crippen molar-refractivity contribution in [1.29, 1.82) is 0 Å². The third kappa shape index (κ3) is 2.88. The van der Waals surface area contributed by atoms with Crippen molar-refractivity contribution in [2.45, 2.75) is 6.42 Å². The lowest BCUT2D eigenvalue weighted by Crippen LogP contribution is -1.89. The average Bonchev–Trinajstić information content (AvgIpc) is 3.41. The zero-order chi connectivity index (χ0) is 21.8. The summed E-state index contributed by atoms with van der Waals surface area (Å²) in [5.74, 6) is 0. The number of hydrogen-bond acceptors (Lipinski definition) is 2. The molecule has 2 heterocycles. The first-order valence-corrected chi connectivity index (χ1v) is 11.2. The van der Waals surface area contributed by atoms with Gasteiger partial charge in [0.15, 0.2) is 0 Å². The highest BCUT2D eigenvalue weighted by Crippen LogP contribution is 2.44. The van der Waals surface area contributed by atoms with Crippen molar-refractivity contribution < 1.29 is 8.83 Å². The fraction of sp³-hybridized carbons (Fsp3) is 0.0323. The molecular formula is C31H20O2. The van der Waals surface area contributed by atoms with Gasteiger partial charge < -0.3 is 8.83 Å². The monoisotopic (exact) mass is 424 g/mol. The molecule has 0 aliphatic rings. The van der Waals surface area contributed by atoms with Crippen LogP contribution in [0.15, 0.2) is 118 Å². The number of benzene rings is 5. The molecule has 0 aliphatic heterocycles. The summed E-state index contributed by atoms with van der Waals surface area (Å²) in [5, 5.41) is 4.49. The number of para-hydroxylation sites is 2. The van der Waals surface area contributed by atoms with E-state index in [1.165, 1.54) is 11.1 Å². The highest BCUT2D eigenvalue weighted by atomic mass is 16.3. The van der Waals surface area contributed by atoms with Crippen LogP contribution in [-0.2, 0) is 6.42 Å². The molecule has 0 saturated carbocycles. The van der Waals surface area contributed by atoms with Crippen molar-refractivity contribution in [2.75, 3.05) is 0 Å². The predicted molar refractivity (Wildman–Crippen MR) is 136 cm³/mol. The van der Waals surface area contributed by atoms with Gasteiger partial charge in [-0.05, 0) is 41.3 Å². The zero-order valence-electron chi connectivity index (χ0n) is 17.9. The fourth-order valence-electron chi connectivity index (χ4n) is 4.97. The maximum Gasteiger partial charge on any atom is 0.147 e. The Bertz CT molecular complexity index is 1700. The van der Waals surface area contributed by atoms with Gasteiger partial charge in [0.2, 0.25) is 0 Å². The predicted octanol–water partition coefficient (Wildman–Crippen LogP) is 8.74. The maximum absolute atomic E-state index is 6.44. The summed E-state index contributed by atoms with van der Waals surface area (Å²) >= 11 is 0. The van der Waals surface area contributed by atoms with E-state index < -0.39 is 0 Å². The largest absolute Gasteiger partial charge is 0.455 e. The molecule has 7 rings (SSSR count). The first-order chi connectivity index (χ1) is 16.3. The Morgan fingerprint density at radius 2 is 1.03 bits per heavy atom. The standard InChI is InChI=1S/C31H20O2/c1-2-9-20(10-3-1)17-21-11-8-12-22(18-21)29-30-25(23-13-4-6-15-27(23)32-30)19-26-24-14-5-7-16-28(24)33-31(26)29/h1-16,18-19H,17H2. The lowest BCUT2D eigenvalue weighted by molar-refractivity contribution is 0.658. The van der Waals surface area contributed by atoms with Crippen LogP contribution < -0.4 is 0 Å². The first-order valence-electron chi connectivity index (χ1n) is 11.2. The van der Waals surface area contributed by atoms with Gasteiger partial charge in [-0.2, -0.15) is 0 Å². The summed E-state index contributed by atoms with van der Waals surface area (Å²) in [5.41, 5.74) is 8.22. The third-order valence-electron chi connectivity index (χ3n) is 6.48. The molecular weight excluding hydrogens is 404 g/mol. The molecule has 0 N–H and O–H groups in total. The summed E-state index contributed by atoms with van der Waals surface area (Å²) in [4.78, 5) is 0. The van der Waals surface area contributed by atoms with Gasteiger partial charge in [-0.1, -0.05) is 91.0 Å². The Morgan fingerprint density at radius 3 is 1.70 bits per heavy atom. The van der Waals surface area contributed by atoms with E-state index in [-0.39, 0.29) is 0 Å². The molecule has 2 heteroatoms. The van der Waals surface area contributed by atoms with Crippen molar-refractivity contribution in [1.82, 2.24) is 0 Å². The van der Waals surface area contributed by atoms with E-state index in [9.17, 15) is 0 Å². The summed E-state index contributed by atoms with van der Waals surface area (Å²) in [6, 6.07) is 38.0. The van der Waals surface area contributed by atoms with Crippen LogP contribution >= 0.6 is 0 Å². The molecule has 7 aromatic rings. The van der Waals surface area contributed by atoms with Crippen LogP contribution in [0.3, 0.4) is 0 Å². The van der Waals surface area contributed by atoms with E-state index in [2.05, 4.69) is 84.9 Å². The van der Waals surface area contributed by atoms with E-state index in [1.807, 2.05) is 24.3 Å². The quantitative estimate of drug-likeness (QED) is 0.283. The topological polar surface area (TPSA) is 26.3 Å². The normalized spacial score (nSPS) is 11.8. The molecule has 2 nitrogen and oxygen atoms in total. The SMILES string of the molecule is c1ccc(Cc2cccc(-c3c4oc5ccccc5c4cc4c3oc3ccccc34)c2)cc1. The van der Waals surface area contributed by atoms with Crippen LogP contribution in [0.1, 0.15) is 11.1 Å². The van der Waals surface area contributed by atoms with Gasteiger partial charge in [0, 0.05) is 21.5 Å². The molecule has 0 atom stereocenters. The molecule has 0 aliphatic carbocycles. The van der Waals surface area contributed by atoms with Gasteiger partial charge in [-0.3, -0.25) is 0 Å². The second-order valence-corrected chi connectivity index (χ2v) is 8.56. The molecule has 0 spiro atoms. The van der Waals surface area contributed by atoms with E-state index in [0.717, 1.165) is 61.4 Å². The van der Waals surface area contributed by atoms with Crippen molar-refractivity contribution in [3.8, 4) is 11.1 Å². The van der Waals surface area contributed by atoms with Crippen LogP contribution in [0, 0.1) is 0 Å². The van der Waals surface area contributed by atoms with Gasteiger partial charge in [-0.25, -0.2) is 0 Å². The number of fused-ring (bicyclic) bond motifs is 6. The zero-order valence-corrected chi connectivity index (χ0v) is 17.9. The van der Waals surface area contributed by atoms with E-state index >= 15 is 0 Å². The molecule has 0 amide bonds. The van der Waals surface area contributed by atoms with Gasteiger partial charge >= 0.3 is 0 Å². The van der Waals surface area contributed by atoms with Crippen molar-refractivity contribution in [2.24, 2.45) is 0 Å². The van der Waals surface area contributed by atoms with Crippen molar-refractivity contribution in [3.05, 3.63) is 120 Å². The van der Waals surface area contributed by atoms with Crippen LogP contribution in [-0.4, -0.2) is 0 Å². The lowest BCUT2D eigenvalue weighted by atomic mass is 9.96. The van der Waals surface area contributed by atoms with Crippen LogP contribution in [0.4, 0.5) is 0 Å². The summed E-state index contributed by atoms with van der Waals surface area (Å²) in [7, 11) is 0. The van der Waals surface area contributed by atoms with Gasteiger partial charge in [0.05, 0.1) is 5.56 Å². The Morgan fingerprint density at radius 1 is 0.455 bits per heavy atom. The second kappa shape index (κ2) is 7.11. The molecule has 0 bridgehead atoms. The minimum absolute atomic E-state index is 0.875. The van der Waals surface area contributed by atoms with Crippen LogP contribution in [0.5, 0.6) is 0 Å². The Kier molecular flexibility index (Phi) is 3.94. The molecule has 0 unspecified atom stereocenters. The smallest absolute Gasteiger partial charge is 0.147 e. The van der Waals surface area contributed by atoms with Gasteiger partial charge in [0.1, 0.15) is 22.3 Å². The summed E-state index contributed by atoms with van der Waals surface area (Å²) in [6.07, 6.45) is 0.883. The minimum atomic E-state index is 0.875. The number of rotatable bonds is 3.